The molecular formula is C21H26FN3O6S. The van der Waals surface area contributed by atoms with Gasteiger partial charge in [-0.05, 0) is 44.9 Å². The highest BCUT2D eigenvalue weighted by Crippen LogP contribution is 2.31. The molecule has 1 aliphatic heterocycles. The number of hydrogen-bond donors (Lipinski definition) is 0. The number of hydrogen-bond acceptors (Lipinski definition) is 9. The first-order valence-electron chi connectivity index (χ1n) is 10.2. The number of sulfone groups is 1. The molecule has 9 nitrogen and oxygen atoms in total. The first-order valence-corrected chi connectivity index (χ1v) is 12.1. The van der Waals surface area contributed by atoms with Crippen LogP contribution in [0.15, 0.2) is 29.4 Å². The van der Waals surface area contributed by atoms with E-state index in [-0.39, 0.29) is 35.1 Å². The molecule has 1 aliphatic rings. The van der Waals surface area contributed by atoms with E-state index in [1.807, 2.05) is 4.90 Å². The Morgan fingerprint density at radius 1 is 1.22 bits per heavy atom. The summed E-state index contributed by atoms with van der Waals surface area (Å²) < 4.78 is 54.0. The number of likely N-dealkylation sites (tertiary alicyclic amines) is 1. The van der Waals surface area contributed by atoms with Crippen molar-refractivity contribution < 1.29 is 31.8 Å². The molecule has 0 saturated carbocycles. The molecule has 1 aromatic carbocycles. The third-order valence-electron chi connectivity index (χ3n) is 5.00. The summed E-state index contributed by atoms with van der Waals surface area (Å²) in [6.07, 6.45) is 3.58. The van der Waals surface area contributed by atoms with E-state index in [4.69, 9.17) is 14.2 Å². The van der Waals surface area contributed by atoms with Gasteiger partial charge in [-0.15, -0.1) is 0 Å². The van der Waals surface area contributed by atoms with Gasteiger partial charge in [-0.2, -0.15) is 0 Å². The van der Waals surface area contributed by atoms with E-state index in [1.165, 1.54) is 18.5 Å². The minimum Gasteiger partial charge on any atom is -0.474 e. The van der Waals surface area contributed by atoms with Crippen LogP contribution in [0.3, 0.4) is 0 Å². The maximum absolute atomic E-state index is 14.3. The molecule has 0 atom stereocenters. The van der Waals surface area contributed by atoms with Crippen LogP contribution < -0.4 is 9.47 Å². The van der Waals surface area contributed by atoms with Crippen molar-refractivity contribution in [3.8, 4) is 17.5 Å². The number of piperidine rings is 1. The molecule has 11 heteroatoms. The Kier molecular flexibility index (Phi) is 7.62. The van der Waals surface area contributed by atoms with Crippen LogP contribution in [0.1, 0.15) is 25.3 Å². The standard InChI is InChI=1S/C21H26FN3O6S/c1-4-29-19(26)12-25-9-7-15(8-10-25)30-20-14(2)21(24-13-23-20)31-18-6-5-16(11-17(18)22)32(3,27)28/h5-6,11,13,15H,4,7-10,12H2,1-3H3. The lowest BCUT2D eigenvalue weighted by Crippen LogP contribution is -2.41. The van der Waals surface area contributed by atoms with Crippen molar-refractivity contribution in [2.24, 2.45) is 0 Å². The first-order chi connectivity index (χ1) is 15.2. The fourth-order valence-electron chi connectivity index (χ4n) is 3.27. The Morgan fingerprint density at radius 3 is 2.53 bits per heavy atom. The van der Waals surface area contributed by atoms with E-state index in [1.54, 1.807) is 13.8 Å². The monoisotopic (exact) mass is 467 g/mol. The van der Waals surface area contributed by atoms with E-state index in [2.05, 4.69) is 9.97 Å². The normalized spacial score (nSPS) is 15.4. The average molecular weight is 468 g/mol. The van der Waals surface area contributed by atoms with E-state index in [9.17, 15) is 17.6 Å². The zero-order valence-electron chi connectivity index (χ0n) is 18.2. The maximum Gasteiger partial charge on any atom is 0.320 e. The van der Waals surface area contributed by atoms with Crippen LogP contribution in [0.25, 0.3) is 0 Å². The molecule has 2 aromatic rings. The fraction of sp³-hybridized carbons (Fsp3) is 0.476. The van der Waals surface area contributed by atoms with Crippen LogP contribution in [-0.2, 0) is 19.4 Å². The summed E-state index contributed by atoms with van der Waals surface area (Å²) in [6, 6.07) is 3.42. The van der Waals surface area contributed by atoms with Gasteiger partial charge in [0.15, 0.2) is 21.4 Å². The Morgan fingerprint density at radius 2 is 1.91 bits per heavy atom. The van der Waals surface area contributed by atoms with E-state index in [0.29, 0.717) is 44.0 Å². The lowest BCUT2D eigenvalue weighted by atomic mass is 10.1. The van der Waals surface area contributed by atoms with Crippen molar-refractivity contribution in [3.63, 3.8) is 0 Å². The topological polar surface area (TPSA) is 108 Å². The van der Waals surface area contributed by atoms with Crippen molar-refractivity contribution in [1.82, 2.24) is 14.9 Å². The van der Waals surface area contributed by atoms with Gasteiger partial charge in [0.05, 0.1) is 23.6 Å². The van der Waals surface area contributed by atoms with Gasteiger partial charge >= 0.3 is 5.97 Å². The van der Waals surface area contributed by atoms with Crippen LogP contribution >= 0.6 is 0 Å². The summed E-state index contributed by atoms with van der Waals surface area (Å²) in [7, 11) is -3.53. The molecule has 1 aromatic heterocycles. The number of aromatic nitrogens is 2. The largest absolute Gasteiger partial charge is 0.474 e. The number of carbonyl (C=O) groups is 1. The highest BCUT2D eigenvalue weighted by molar-refractivity contribution is 7.90. The molecule has 0 N–H and O–H groups in total. The molecule has 1 fully saturated rings. The van der Waals surface area contributed by atoms with Crippen LogP contribution in [0.4, 0.5) is 4.39 Å². The highest BCUT2D eigenvalue weighted by atomic mass is 32.2. The number of esters is 1. The van der Waals surface area contributed by atoms with Crippen LogP contribution in [0.5, 0.6) is 17.5 Å². The summed E-state index contributed by atoms with van der Waals surface area (Å²) in [4.78, 5) is 21.7. The van der Waals surface area contributed by atoms with Gasteiger partial charge in [-0.1, -0.05) is 0 Å². The third-order valence-corrected chi connectivity index (χ3v) is 6.11. The summed E-state index contributed by atoms with van der Waals surface area (Å²) in [6.45, 7) is 5.47. The van der Waals surface area contributed by atoms with Gasteiger partial charge in [0, 0.05) is 19.3 Å². The molecule has 32 heavy (non-hydrogen) atoms. The van der Waals surface area contributed by atoms with Crippen molar-refractivity contribution >= 4 is 15.8 Å². The molecule has 174 valence electrons. The Balaban J connectivity index is 1.64. The third kappa shape index (κ3) is 6.13. The van der Waals surface area contributed by atoms with Gasteiger partial charge < -0.3 is 14.2 Å². The second-order valence-corrected chi connectivity index (χ2v) is 9.49. The van der Waals surface area contributed by atoms with E-state index < -0.39 is 15.7 Å². The quantitative estimate of drug-likeness (QED) is 0.541. The van der Waals surface area contributed by atoms with Crippen LogP contribution in [0, 0.1) is 12.7 Å². The number of halogens is 1. The predicted molar refractivity (Wildman–Crippen MR) is 113 cm³/mol. The van der Waals surface area contributed by atoms with Crippen molar-refractivity contribution in [2.45, 2.75) is 37.7 Å². The highest BCUT2D eigenvalue weighted by Gasteiger charge is 2.24. The van der Waals surface area contributed by atoms with E-state index in [0.717, 1.165) is 12.3 Å². The number of ether oxygens (including phenoxy) is 3. The summed E-state index contributed by atoms with van der Waals surface area (Å²) in [5, 5.41) is 0. The van der Waals surface area contributed by atoms with Crippen LogP contribution in [0.2, 0.25) is 0 Å². The van der Waals surface area contributed by atoms with Gasteiger partial charge in [0.1, 0.15) is 12.4 Å². The number of benzene rings is 1. The summed E-state index contributed by atoms with van der Waals surface area (Å²) in [5.41, 5.74) is 0.494. The van der Waals surface area contributed by atoms with Crippen molar-refractivity contribution in [3.05, 3.63) is 35.9 Å². The van der Waals surface area contributed by atoms with Gasteiger partial charge in [0.2, 0.25) is 11.8 Å². The molecule has 1 saturated heterocycles. The second kappa shape index (κ2) is 10.2. The lowest BCUT2D eigenvalue weighted by molar-refractivity contribution is -0.144. The summed E-state index contributed by atoms with van der Waals surface area (Å²) >= 11 is 0. The molecule has 2 heterocycles. The zero-order chi connectivity index (χ0) is 23.3. The molecule has 3 rings (SSSR count). The molecule has 0 spiro atoms. The van der Waals surface area contributed by atoms with Gasteiger partial charge in [-0.25, -0.2) is 22.8 Å². The van der Waals surface area contributed by atoms with Crippen LogP contribution in [-0.4, -0.2) is 67.9 Å². The van der Waals surface area contributed by atoms with E-state index >= 15 is 0 Å². The minimum absolute atomic E-state index is 0.0966. The lowest BCUT2D eigenvalue weighted by Gasteiger charge is -2.31. The zero-order valence-corrected chi connectivity index (χ0v) is 19.0. The molecule has 0 unspecified atom stereocenters. The Labute approximate surface area is 186 Å². The minimum atomic E-state index is -3.53. The van der Waals surface area contributed by atoms with Gasteiger partial charge in [0.25, 0.3) is 0 Å². The first kappa shape index (κ1) is 23.9. The number of nitrogens with zero attached hydrogens (tertiary/aromatic N) is 3. The fourth-order valence-corrected chi connectivity index (χ4v) is 3.90. The number of rotatable bonds is 8. The second-order valence-electron chi connectivity index (χ2n) is 7.47. The number of carbonyl (C=O) groups excluding carboxylic acids is 1. The average Bonchev–Trinajstić information content (AvgIpc) is 2.73. The van der Waals surface area contributed by atoms with Gasteiger partial charge in [-0.3, -0.25) is 9.69 Å². The molecular weight excluding hydrogens is 441 g/mol. The molecule has 0 amide bonds. The molecule has 0 bridgehead atoms. The maximum atomic E-state index is 14.3. The predicted octanol–water partition coefficient (Wildman–Crippen LogP) is 2.53. The molecule has 0 radical (unpaired) electrons. The molecule has 0 aliphatic carbocycles. The summed E-state index contributed by atoms with van der Waals surface area (Å²) in [5.74, 6) is -0.773. The SMILES string of the molecule is CCOC(=O)CN1CCC(Oc2ncnc(Oc3ccc(S(C)(=O)=O)cc3F)c2C)CC1. The van der Waals surface area contributed by atoms with Crippen molar-refractivity contribution in [2.75, 3.05) is 32.5 Å². The smallest absolute Gasteiger partial charge is 0.320 e. The Hall–Kier alpha value is -2.79. The van der Waals surface area contributed by atoms with Crippen molar-refractivity contribution in [1.29, 1.82) is 0 Å². The Bertz CT molecular complexity index is 1070.